The van der Waals surface area contributed by atoms with Crippen LogP contribution in [0, 0.1) is 10.1 Å². The molecule has 0 atom stereocenters. The van der Waals surface area contributed by atoms with Gasteiger partial charge in [-0.3, -0.25) is 19.8 Å². The monoisotopic (exact) mass is 509 g/mol. The summed E-state index contributed by atoms with van der Waals surface area (Å²) in [6.45, 7) is 2.45. The molecule has 1 aliphatic rings. The van der Waals surface area contributed by atoms with E-state index in [0.29, 0.717) is 38.6 Å². The Hall–Kier alpha value is -3.96. The van der Waals surface area contributed by atoms with Gasteiger partial charge in [-0.2, -0.15) is 0 Å². The lowest BCUT2D eigenvalue weighted by Gasteiger charge is -2.15. The van der Waals surface area contributed by atoms with E-state index in [1.165, 1.54) is 42.1 Å². The number of methoxy groups -OCH3 is 1. The van der Waals surface area contributed by atoms with Gasteiger partial charge in [0.05, 0.1) is 29.2 Å². The molecule has 178 valence electrons. The van der Waals surface area contributed by atoms with Gasteiger partial charge >= 0.3 is 5.69 Å². The zero-order chi connectivity index (χ0) is 24.9. The van der Waals surface area contributed by atoms with Gasteiger partial charge in [-0.15, -0.1) is 0 Å². The van der Waals surface area contributed by atoms with Gasteiger partial charge in [0.15, 0.2) is 15.8 Å². The van der Waals surface area contributed by atoms with E-state index < -0.39 is 4.92 Å². The number of benzene rings is 2. The van der Waals surface area contributed by atoms with E-state index in [4.69, 9.17) is 26.4 Å². The van der Waals surface area contributed by atoms with Gasteiger partial charge < -0.3 is 14.2 Å². The quantitative estimate of drug-likeness (QED) is 0.166. The molecular formula is C24H19N3O6S2. The molecule has 0 bridgehead atoms. The van der Waals surface area contributed by atoms with Crippen molar-refractivity contribution >= 4 is 51.7 Å². The van der Waals surface area contributed by atoms with Crippen molar-refractivity contribution in [1.29, 1.82) is 0 Å². The van der Waals surface area contributed by atoms with Gasteiger partial charge in [0, 0.05) is 12.3 Å². The number of thiocarbonyl (C=S) groups is 1. The molecule has 11 heteroatoms. The second-order valence-electron chi connectivity index (χ2n) is 7.04. The van der Waals surface area contributed by atoms with Crippen molar-refractivity contribution in [1.82, 2.24) is 4.98 Å². The number of carbonyl (C=O) groups excluding carboxylic acids is 1. The minimum Gasteiger partial charge on any atom is -0.494 e. The molecule has 0 N–H and O–H groups in total. The molecule has 2 heterocycles. The molecule has 0 radical (unpaired) electrons. The van der Waals surface area contributed by atoms with Crippen molar-refractivity contribution in [3.8, 4) is 23.1 Å². The molecule has 35 heavy (non-hydrogen) atoms. The van der Waals surface area contributed by atoms with Crippen LogP contribution < -0.4 is 19.1 Å². The SMILES string of the molecule is CCOc1ccc(N2C(=O)/C(=C/c3ccc(Oc4ncccc4[N+](=O)[O-])c(OC)c3)SC2=S)cc1. The summed E-state index contributed by atoms with van der Waals surface area (Å²) in [5.74, 6) is 0.879. The standard InChI is InChI=1S/C24H19N3O6S2/c1-3-32-17-9-7-16(8-10-17)26-23(28)21(35-24(26)34)14-15-6-11-19(20(13-15)31-2)33-22-18(27(29)30)5-4-12-25-22/h4-14H,3H2,1-2H3/b21-14-. The first-order valence-electron chi connectivity index (χ1n) is 10.4. The van der Waals surface area contributed by atoms with E-state index >= 15 is 0 Å². The second kappa shape index (κ2) is 10.5. The maximum atomic E-state index is 13.1. The summed E-state index contributed by atoms with van der Waals surface area (Å²) in [6.07, 6.45) is 3.10. The van der Waals surface area contributed by atoms with Crippen molar-refractivity contribution in [2.45, 2.75) is 6.92 Å². The summed E-state index contributed by atoms with van der Waals surface area (Å²) in [4.78, 5) is 29.6. The van der Waals surface area contributed by atoms with Crippen LogP contribution in [0.5, 0.6) is 23.1 Å². The minimum atomic E-state index is -0.574. The molecule has 2 aromatic carbocycles. The predicted molar refractivity (Wildman–Crippen MR) is 137 cm³/mol. The van der Waals surface area contributed by atoms with Gasteiger partial charge in [0.1, 0.15) is 5.75 Å². The van der Waals surface area contributed by atoms with Crippen molar-refractivity contribution < 1.29 is 23.9 Å². The van der Waals surface area contributed by atoms with Gasteiger partial charge in [-0.05, 0) is 61.0 Å². The molecular weight excluding hydrogens is 490 g/mol. The van der Waals surface area contributed by atoms with Crippen LogP contribution >= 0.6 is 24.0 Å². The Morgan fingerprint density at radius 1 is 1.17 bits per heavy atom. The number of aromatic nitrogens is 1. The molecule has 0 spiro atoms. The van der Waals surface area contributed by atoms with Crippen molar-refractivity contribution in [2.75, 3.05) is 18.6 Å². The smallest absolute Gasteiger partial charge is 0.331 e. The first-order chi connectivity index (χ1) is 16.9. The van der Waals surface area contributed by atoms with Crippen molar-refractivity contribution in [3.05, 3.63) is 81.4 Å². The van der Waals surface area contributed by atoms with E-state index in [-0.39, 0.29) is 23.2 Å². The average Bonchev–Trinajstić information content (AvgIpc) is 3.13. The van der Waals surface area contributed by atoms with Crippen molar-refractivity contribution in [2.24, 2.45) is 0 Å². The Labute approximate surface area is 210 Å². The minimum absolute atomic E-state index is 0.153. The highest BCUT2D eigenvalue weighted by atomic mass is 32.2. The van der Waals surface area contributed by atoms with Gasteiger partial charge in [0.25, 0.3) is 11.8 Å². The Balaban J connectivity index is 1.57. The second-order valence-corrected chi connectivity index (χ2v) is 8.72. The third-order valence-corrected chi connectivity index (χ3v) is 6.14. The molecule has 0 unspecified atom stereocenters. The van der Waals surface area contributed by atoms with E-state index in [1.54, 1.807) is 48.5 Å². The number of hydrogen-bond acceptors (Lipinski definition) is 9. The average molecular weight is 510 g/mol. The normalized spacial score (nSPS) is 14.3. The molecule has 1 aromatic heterocycles. The summed E-state index contributed by atoms with van der Waals surface area (Å²) < 4.78 is 16.9. The number of rotatable bonds is 8. The van der Waals surface area contributed by atoms with Crippen LogP contribution in [0.2, 0.25) is 0 Å². The first kappa shape index (κ1) is 24.2. The van der Waals surface area contributed by atoms with Crippen LogP contribution in [0.15, 0.2) is 65.7 Å². The summed E-state index contributed by atoms with van der Waals surface area (Å²) in [7, 11) is 1.45. The molecule has 3 aromatic rings. The molecule has 1 aliphatic heterocycles. The van der Waals surface area contributed by atoms with E-state index in [9.17, 15) is 14.9 Å². The van der Waals surface area contributed by atoms with Crippen LogP contribution in [-0.4, -0.2) is 33.9 Å². The number of carbonyl (C=O) groups is 1. The largest absolute Gasteiger partial charge is 0.494 e. The Kier molecular flexibility index (Phi) is 7.28. The number of nitrogens with zero attached hydrogens (tertiary/aromatic N) is 3. The number of anilines is 1. The molecule has 9 nitrogen and oxygen atoms in total. The molecule has 1 fully saturated rings. The maximum Gasteiger partial charge on any atom is 0.331 e. The predicted octanol–water partition coefficient (Wildman–Crippen LogP) is 5.60. The zero-order valence-corrected chi connectivity index (χ0v) is 20.3. The lowest BCUT2D eigenvalue weighted by atomic mass is 10.1. The first-order valence-corrected chi connectivity index (χ1v) is 11.6. The summed E-state index contributed by atoms with van der Waals surface area (Å²) in [5, 5.41) is 11.2. The van der Waals surface area contributed by atoms with Gasteiger partial charge in [-0.25, -0.2) is 4.98 Å². The number of ether oxygens (including phenoxy) is 3. The molecule has 0 aliphatic carbocycles. The number of amides is 1. The van der Waals surface area contributed by atoms with Crippen LogP contribution in [0.1, 0.15) is 12.5 Å². The van der Waals surface area contributed by atoms with Crippen LogP contribution in [0.3, 0.4) is 0 Å². The van der Waals surface area contributed by atoms with Crippen LogP contribution in [0.4, 0.5) is 11.4 Å². The highest BCUT2D eigenvalue weighted by Crippen LogP contribution is 2.39. The maximum absolute atomic E-state index is 13.1. The Morgan fingerprint density at radius 2 is 1.94 bits per heavy atom. The van der Waals surface area contributed by atoms with Gasteiger partial charge in [-0.1, -0.05) is 30.0 Å². The fraction of sp³-hybridized carbons (Fsp3) is 0.125. The number of thioether (sulfide) groups is 1. The summed E-state index contributed by atoms with van der Waals surface area (Å²) >= 11 is 6.63. The lowest BCUT2D eigenvalue weighted by molar-refractivity contribution is -0.386. The third kappa shape index (κ3) is 5.26. The lowest BCUT2D eigenvalue weighted by Crippen LogP contribution is -2.27. The Bertz CT molecular complexity index is 1330. The molecule has 4 rings (SSSR count). The topological polar surface area (TPSA) is 104 Å². The summed E-state index contributed by atoms with van der Waals surface area (Å²) in [5.41, 5.74) is 1.05. The molecule has 1 saturated heterocycles. The number of pyridine rings is 1. The Morgan fingerprint density at radius 3 is 2.63 bits per heavy atom. The van der Waals surface area contributed by atoms with E-state index in [0.717, 1.165) is 0 Å². The van der Waals surface area contributed by atoms with E-state index in [1.807, 2.05) is 6.92 Å². The van der Waals surface area contributed by atoms with Crippen LogP contribution in [-0.2, 0) is 4.79 Å². The highest BCUT2D eigenvalue weighted by molar-refractivity contribution is 8.27. The highest BCUT2D eigenvalue weighted by Gasteiger charge is 2.33. The zero-order valence-electron chi connectivity index (χ0n) is 18.7. The fourth-order valence-electron chi connectivity index (χ4n) is 3.26. The molecule has 0 saturated carbocycles. The van der Waals surface area contributed by atoms with Gasteiger partial charge in [0.2, 0.25) is 0 Å². The van der Waals surface area contributed by atoms with E-state index in [2.05, 4.69) is 4.98 Å². The molecule has 1 amide bonds. The number of hydrogen-bond donors (Lipinski definition) is 0. The van der Waals surface area contributed by atoms with Crippen molar-refractivity contribution in [3.63, 3.8) is 0 Å². The number of nitro groups is 1. The third-order valence-electron chi connectivity index (χ3n) is 4.84. The summed E-state index contributed by atoms with van der Waals surface area (Å²) in [6, 6.07) is 14.9. The van der Waals surface area contributed by atoms with Crippen LogP contribution in [0.25, 0.3) is 6.08 Å². The fourth-order valence-corrected chi connectivity index (χ4v) is 4.56.